The zero-order valence-corrected chi connectivity index (χ0v) is 13.2. The quantitative estimate of drug-likeness (QED) is 0.747. The van der Waals surface area contributed by atoms with Crippen molar-refractivity contribution in [3.05, 3.63) is 21.4 Å². The minimum atomic E-state index is 0.176. The third-order valence-corrected chi connectivity index (χ3v) is 3.86. The summed E-state index contributed by atoms with van der Waals surface area (Å²) in [6, 6.07) is 2.28. The molecule has 0 aromatic carbocycles. The fraction of sp³-hybridized carbons (Fsp3) is 0.733. The molecule has 0 atom stereocenters. The first-order valence-electron chi connectivity index (χ1n) is 6.83. The van der Waals surface area contributed by atoms with Crippen molar-refractivity contribution in [3.63, 3.8) is 0 Å². The molecular weight excluding hydrogens is 242 g/mol. The van der Waals surface area contributed by atoms with Gasteiger partial charge in [-0.05, 0) is 45.7 Å². The summed E-state index contributed by atoms with van der Waals surface area (Å²) < 4.78 is 5.69. The van der Waals surface area contributed by atoms with Crippen LogP contribution in [-0.4, -0.2) is 12.1 Å². The van der Waals surface area contributed by atoms with Crippen LogP contribution < -0.4 is 5.32 Å². The molecule has 0 saturated heterocycles. The van der Waals surface area contributed by atoms with Gasteiger partial charge in [0.2, 0.25) is 0 Å². The number of hydrogen-bond donors (Lipinski definition) is 1. The summed E-state index contributed by atoms with van der Waals surface area (Å²) in [5, 5.41) is 3.52. The fourth-order valence-electron chi connectivity index (χ4n) is 1.60. The van der Waals surface area contributed by atoms with Crippen molar-refractivity contribution in [2.75, 3.05) is 6.61 Å². The van der Waals surface area contributed by atoms with Gasteiger partial charge in [-0.3, -0.25) is 0 Å². The van der Waals surface area contributed by atoms with Crippen LogP contribution in [0.25, 0.3) is 0 Å². The van der Waals surface area contributed by atoms with Gasteiger partial charge in [-0.15, -0.1) is 11.3 Å². The Morgan fingerprint density at radius 3 is 2.67 bits per heavy atom. The molecule has 0 saturated carbocycles. The number of aryl methyl sites for hydroxylation is 1. The fourth-order valence-corrected chi connectivity index (χ4v) is 2.59. The van der Waals surface area contributed by atoms with E-state index in [9.17, 15) is 0 Å². The molecule has 2 nitrogen and oxygen atoms in total. The maximum absolute atomic E-state index is 5.69. The summed E-state index contributed by atoms with van der Waals surface area (Å²) in [7, 11) is 0. The first-order chi connectivity index (χ1) is 8.42. The molecule has 0 amide bonds. The lowest BCUT2D eigenvalue weighted by molar-refractivity contribution is 0.118. The standard InChI is InChI=1S/C15H27NOS/c1-6-7-8-17-11-13-9-14(18-12(13)2)10-16-15(3,4)5/h9,16H,6-8,10-11H2,1-5H3. The highest BCUT2D eigenvalue weighted by Gasteiger charge is 2.11. The van der Waals surface area contributed by atoms with E-state index in [1.807, 2.05) is 11.3 Å². The number of rotatable bonds is 7. The van der Waals surface area contributed by atoms with Crippen LogP contribution in [0.15, 0.2) is 6.07 Å². The van der Waals surface area contributed by atoms with E-state index in [0.29, 0.717) is 0 Å². The minimum absolute atomic E-state index is 0.176. The Bertz CT molecular complexity index is 352. The Labute approximate surface area is 116 Å². The topological polar surface area (TPSA) is 21.3 Å². The lowest BCUT2D eigenvalue weighted by Gasteiger charge is -2.19. The average Bonchev–Trinajstić information content (AvgIpc) is 2.62. The lowest BCUT2D eigenvalue weighted by Crippen LogP contribution is -2.34. The van der Waals surface area contributed by atoms with E-state index in [4.69, 9.17) is 4.74 Å². The SMILES string of the molecule is CCCCOCc1cc(CNC(C)(C)C)sc1C. The van der Waals surface area contributed by atoms with Gasteiger partial charge in [0.1, 0.15) is 0 Å². The Morgan fingerprint density at radius 2 is 2.06 bits per heavy atom. The van der Waals surface area contributed by atoms with Gasteiger partial charge in [-0.25, -0.2) is 0 Å². The van der Waals surface area contributed by atoms with Gasteiger partial charge in [0.15, 0.2) is 0 Å². The van der Waals surface area contributed by atoms with Crippen LogP contribution >= 0.6 is 11.3 Å². The largest absolute Gasteiger partial charge is 0.377 e. The Hall–Kier alpha value is -0.380. The maximum atomic E-state index is 5.69. The van der Waals surface area contributed by atoms with Gasteiger partial charge >= 0.3 is 0 Å². The Balaban J connectivity index is 2.43. The van der Waals surface area contributed by atoms with Gasteiger partial charge < -0.3 is 10.1 Å². The smallest absolute Gasteiger partial charge is 0.0727 e. The third kappa shape index (κ3) is 5.98. The van der Waals surface area contributed by atoms with Crippen LogP contribution in [0.2, 0.25) is 0 Å². The van der Waals surface area contributed by atoms with Gasteiger partial charge in [0, 0.05) is 28.4 Å². The molecule has 1 heterocycles. The first-order valence-corrected chi connectivity index (χ1v) is 7.65. The van der Waals surface area contributed by atoms with E-state index in [1.54, 1.807) is 0 Å². The molecule has 0 aliphatic heterocycles. The number of hydrogen-bond acceptors (Lipinski definition) is 3. The summed E-state index contributed by atoms with van der Waals surface area (Å²) in [5.74, 6) is 0. The van der Waals surface area contributed by atoms with Crippen molar-refractivity contribution in [2.24, 2.45) is 0 Å². The number of nitrogens with one attached hydrogen (secondary N) is 1. The number of ether oxygens (including phenoxy) is 1. The van der Waals surface area contributed by atoms with E-state index in [0.717, 1.165) is 26.2 Å². The second-order valence-electron chi connectivity index (χ2n) is 5.80. The van der Waals surface area contributed by atoms with Gasteiger partial charge in [-0.2, -0.15) is 0 Å². The Morgan fingerprint density at radius 1 is 1.33 bits per heavy atom. The molecule has 0 unspecified atom stereocenters. The molecule has 1 rings (SSSR count). The van der Waals surface area contributed by atoms with Crippen molar-refractivity contribution in [3.8, 4) is 0 Å². The molecule has 3 heteroatoms. The molecule has 0 aliphatic carbocycles. The van der Waals surface area contributed by atoms with Crippen LogP contribution in [0.3, 0.4) is 0 Å². The molecule has 0 spiro atoms. The van der Waals surface area contributed by atoms with Gasteiger partial charge in [0.25, 0.3) is 0 Å². The van der Waals surface area contributed by atoms with Crippen LogP contribution in [0.1, 0.15) is 55.9 Å². The average molecular weight is 269 g/mol. The molecule has 1 aromatic rings. The van der Waals surface area contributed by atoms with Crippen molar-refractivity contribution >= 4 is 11.3 Å². The summed E-state index contributed by atoms with van der Waals surface area (Å²) >= 11 is 1.88. The van der Waals surface area contributed by atoms with E-state index >= 15 is 0 Å². The van der Waals surface area contributed by atoms with Crippen LogP contribution in [0.5, 0.6) is 0 Å². The second-order valence-corrected chi connectivity index (χ2v) is 7.14. The van der Waals surface area contributed by atoms with E-state index < -0.39 is 0 Å². The molecule has 1 aromatic heterocycles. The molecule has 0 radical (unpaired) electrons. The van der Waals surface area contributed by atoms with Gasteiger partial charge in [-0.1, -0.05) is 13.3 Å². The number of thiophene rings is 1. The predicted octanol–water partition coefficient (Wildman–Crippen LogP) is 4.26. The second kappa shape index (κ2) is 7.27. The molecule has 0 fully saturated rings. The zero-order valence-electron chi connectivity index (χ0n) is 12.4. The third-order valence-electron chi connectivity index (χ3n) is 2.76. The Kier molecular flexibility index (Phi) is 6.33. The normalized spacial score (nSPS) is 12.1. The highest BCUT2D eigenvalue weighted by Crippen LogP contribution is 2.22. The molecule has 1 N–H and O–H groups in total. The molecule has 0 bridgehead atoms. The summed E-state index contributed by atoms with van der Waals surface area (Å²) in [5.41, 5.74) is 1.53. The zero-order chi connectivity index (χ0) is 13.6. The minimum Gasteiger partial charge on any atom is -0.377 e. The van der Waals surface area contributed by atoms with Crippen molar-refractivity contribution in [2.45, 2.75) is 66.2 Å². The van der Waals surface area contributed by atoms with Crippen molar-refractivity contribution in [1.82, 2.24) is 5.32 Å². The van der Waals surface area contributed by atoms with E-state index in [2.05, 4.69) is 46.0 Å². The predicted molar refractivity (Wildman–Crippen MR) is 80.2 cm³/mol. The summed E-state index contributed by atoms with van der Waals surface area (Å²) in [6.07, 6.45) is 2.35. The highest BCUT2D eigenvalue weighted by atomic mass is 32.1. The van der Waals surface area contributed by atoms with E-state index in [-0.39, 0.29) is 5.54 Å². The summed E-state index contributed by atoms with van der Waals surface area (Å²) in [6.45, 7) is 13.6. The molecular formula is C15H27NOS. The molecule has 0 aliphatic rings. The van der Waals surface area contributed by atoms with Crippen LogP contribution in [0.4, 0.5) is 0 Å². The lowest BCUT2D eigenvalue weighted by atomic mass is 10.1. The first kappa shape index (κ1) is 15.7. The van der Waals surface area contributed by atoms with Crippen LogP contribution in [-0.2, 0) is 17.9 Å². The van der Waals surface area contributed by atoms with Crippen molar-refractivity contribution < 1.29 is 4.74 Å². The van der Waals surface area contributed by atoms with E-state index in [1.165, 1.54) is 21.7 Å². The number of unbranched alkanes of at least 4 members (excludes halogenated alkanes) is 1. The van der Waals surface area contributed by atoms with Crippen molar-refractivity contribution in [1.29, 1.82) is 0 Å². The maximum Gasteiger partial charge on any atom is 0.0727 e. The van der Waals surface area contributed by atoms with Crippen LogP contribution in [0, 0.1) is 6.92 Å². The molecule has 18 heavy (non-hydrogen) atoms. The highest BCUT2D eigenvalue weighted by molar-refractivity contribution is 7.12. The summed E-state index contributed by atoms with van der Waals surface area (Å²) in [4.78, 5) is 2.79. The van der Waals surface area contributed by atoms with Gasteiger partial charge in [0.05, 0.1) is 6.61 Å². The monoisotopic (exact) mass is 269 g/mol. The molecule has 104 valence electrons.